The Morgan fingerprint density at radius 2 is 1.92 bits per heavy atom. The molecule has 0 spiro atoms. The van der Waals surface area contributed by atoms with Crippen LogP contribution in [0.1, 0.15) is 25.3 Å². The van der Waals surface area contributed by atoms with Crippen molar-refractivity contribution in [3.05, 3.63) is 60.2 Å². The first-order valence-electron chi connectivity index (χ1n) is 9.05. The van der Waals surface area contributed by atoms with Crippen LogP contribution in [0.3, 0.4) is 0 Å². The standard InChI is InChI=1S/C21H26N2O2/c1-2-25-20-13-7-6-12-19(20)22-21(24)18-11-8-14-23(16-18)15-17-9-4-3-5-10-17/h3-7,9-10,12-13,18H,2,8,11,14-16H2,1H3,(H,22,24)/t18-/m1/s1. The molecule has 1 amide bonds. The fraction of sp³-hybridized carbons (Fsp3) is 0.381. The highest BCUT2D eigenvalue weighted by Crippen LogP contribution is 2.26. The molecule has 1 aliphatic heterocycles. The Hall–Kier alpha value is -2.33. The van der Waals surface area contributed by atoms with Gasteiger partial charge < -0.3 is 10.1 Å². The molecule has 0 radical (unpaired) electrons. The zero-order valence-electron chi connectivity index (χ0n) is 14.8. The molecule has 132 valence electrons. The number of piperidine rings is 1. The van der Waals surface area contributed by atoms with Crippen LogP contribution in [0.4, 0.5) is 5.69 Å². The normalized spacial score (nSPS) is 17.9. The summed E-state index contributed by atoms with van der Waals surface area (Å²) in [6, 6.07) is 18.1. The monoisotopic (exact) mass is 338 g/mol. The van der Waals surface area contributed by atoms with Gasteiger partial charge in [-0.15, -0.1) is 0 Å². The molecule has 4 nitrogen and oxygen atoms in total. The number of nitrogens with one attached hydrogen (secondary N) is 1. The quantitative estimate of drug-likeness (QED) is 0.867. The van der Waals surface area contributed by atoms with Crippen LogP contribution in [0, 0.1) is 5.92 Å². The molecule has 1 saturated heterocycles. The summed E-state index contributed by atoms with van der Waals surface area (Å²) in [5, 5.41) is 3.06. The van der Waals surface area contributed by atoms with Crippen LogP contribution in [0.2, 0.25) is 0 Å². The molecule has 3 rings (SSSR count). The van der Waals surface area contributed by atoms with E-state index in [0.29, 0.717) is 6.61 Å². The van der Waals surface area contributed by atoms with Gasteiger partial charge in [0.05, 0.1) is 18.2 Å². The SMILES string of the molecule is CCOc1ccccc1NC(=O)[C@@H]1CCCN(Cc2ccccc2)C1. The summed E-state index contributed by atoms with van der Waals surface area (Å²) in [6.07, 6.45) is 1.99. The molecule has 1 fully saturated rings. The van der Waals surface area contributed by atoms with E-state index in [1.54, 1.807) is 0 Å². The molecule has 0 bridgehead atoms. The minimum absolute atomic E-state index is 0.0205. The molecule has 2 aromatic rings. The van der Waals surface area contributed by atoms with Crippen molar-refractivity contribution in [3.63, 3.8) is 0 Å². The van der Waals surface area contributed by atoms with Gasteiger partial charge in [-0.1, -0.05) is 42.5 Å². The van der Waals surface area contributed by atoms with Crippen molar-refractivity contribution in [1.29, 1.82) is 0 Å². The molecular weight excluding hydrogens is 312 g/mol. The lowest BCUT2D eigenvalue weighted by atomic mass is 9.96. The lowest BCUT2D eigenvalue weighted by molar-refractivity contribution is -0.121. The third-order valence-corrected chi connectivity index (χ3v) is 4.57. The van der Waals surface area contributed by atoms with E-state index >= 15 is 0 Å². The molecule has 1 heterocycles. The lowest BCUT2D eigenvalue weighted by Crippen LogP contribution is -2.40. The smallest absolute Gasteiger partial charge is 0.228 e. The van der Waals surface area contributed by atoms with Crippen molar-refractivity contribution >= 4 is 11.6 Å². The van der Waals surface area contributed by atoms with E-state index in [2.05, 4.69) is 34.5 Å². The fourth-order valence-electron chi connectivity index (χ4n) is 3.34. The number of likely N-dealkylation sites (tertiary alicyclic amines) is 1. The van der Waals surface area contributed by atoms with Crippen molar-refractivity contribution in [2.75, 3.05) is 25.0 Å². The van der Waals surface area contributed by atoms with Crippen LogP contribution in [0.5, 0.6) is 5.75 Å². The number of anilines is 1. The van der Waals surface area contributed by atoms with E-state index < -0.39 is 0 Å². The summed E-state index contributed by atoms with van der Waals surface area (Å²) in [5.41, 5.74) is 2.06. The molecular formula is C21H26N2O2. The molecule has 4 heteroatoms. The first-order chi connectivity index (χ1) is 12.3. The maximum atomic E-state index is 12.7. The highest BCUT2D eigenvalue weighted by atomic mass is 16.5. The van der Waals surface area contributed by atoms with Crippen molar-refractivity contribution in [2.45, 2.75) is 26.3 Å². The van der Waals surface area contributed by atoms with Crippen LogP contribution in [0.15, 0.2) is 54.6 Å². The molecule has 0 saturated carbocycles. The summed E-state index contributed by atoms with van der Waals surface area (Å²) in [6.45, 7) is 5.29. The van der Waals surface area contributed by atoms with Crippen LogP contribution < -0.4 is 10.1 Å². The zero-order valence-corrected chi connectivity index (χ0v) is 14.8. The third-order valence-electron chi connectivity index (χ3n) is 4.57. The largest absolute Gasteiger partial charge is 0.492 e. The van der Waals surface area contributed by atoms with E-state index in [1.165, 1.54) is 5.56 Å². The minimum Gasteiger partial charge on any atom is -0.492 e. The van der Waals surface area contributed by atoms with E-state index in [9.17, 15) is 4.79 Å². The van der Waals surface area contributed by atoms with Gasteiger partial charge in [-0.3, -0.25) is 9.69 Å². The number of rotatable bonds is 6. The zero-order chi connectivity index (χ0) is 17.5. The predicted molar refractivity (Wildman–Crippen MR) is 101 cm³/mol. The molecule has 2 aromatic carbocycles. The van der Waals surface area contributed by atoms with Crippen LogP contribution in [0.25, 0.3) is 0 Å². The molecule has 1 aliphatic rings. The first-order valence-corrected chi connectivity index (χ1v) is 9.05. The summed E-state index contributed by atoms with van der Waals surface area (Å²) in [4.78, 5) is 15.1. The molecule has 0 aromatic heterocycles. The molecule has 1 N–H and O–H groups in total. The summed E-state index contributed by atoms with van der Waals surface area (Å²) in [5.74, 6) is 0.840. The highest BCUT2D eigenvalue weighted by molar-refractivity contribution is 5.94. The minimum atomic E-state index is 0.0205. The van der Waals surface area contributed by atoms with Crippen LogP contribution >= 0.6 is 0 Å². The average molecular weight is 338 g/mol. The predicted octanol–water partition coefficient (Wildman–Crippen LogP) is 3.94. The number of ether oxygens (including phenoxy) is 1. The maximum absolute atomic E-state index is 12.7. The number of amides is 1. The Morgan fingerprint density at radius 3 is 2.72 bits per heavy atom. The number of hydrogen-bond acceptors (Lipinski definition) is 3. The summed E-state index contributed by atoms with van der Waals surface area (Å²) >= 11 is 0. The number of carbonyl (C=O) groups is 1. The van der Waals surface area contributed by atoms with Gasteiger partial charge in [-0.25, -0.2) is 0 Å². The second kappa shape index (κ2) is 8.67. The van der Waals surface area contributed by atoms with Crippen molar-refractivity contribution in [2.24, 2.45) is 5.92 Å². The number of para-hydroxylation sites is 2. The third kappa shape index (κ3) is 4.83. The molecule has 0 aliphatic carbocycles. The van der Waals surface area contributed by atoms with Crippen molar-refractivity contribution in [1.82, 2.24) is 4.90 Å². The second-order valence-corrected chi connectivity index (χ2v) is 6.48. The average Bonchev–Trinajstić information content (AvgIpc) is 2.64. The van der Waals surface area contributed by atoms with Gasteiger partial charge in [0.1, 0.15) is 5.75 Å². The van der Waals surface area contributed by atoms with E-state index in [4.69, 9.17) is 4.74 Å². The molecule has 25 heavy (non-hydrogen) atoms. The van der Waals surface area contributed by atoms with Gasteiger partial charge in [0.2, 0.25) is 5.91 Å². The number of hydrogen-bond donors (Lipinski definition) is 1. The number of nitrogens with zero attached hydrogens (tertiary/aromatic N) is 1. The topological polar surface area (TPSA) is 41.6 Å². The molecule has 0 unspecified atom stereocenters. The Kier molecular flexibility index (Phi) is 6.07. The summed E-state index contributed by atoms with van der Waals surface area (Å²) < 4.78 is 5.60. The number of benzene rings is 2. The number of carbonyl (C=O) groups excluding carboxylic acids is 1. The van der Waals surface area contributed by atoms with Crippen molar-refractivity contribution in [3.8, 4) is 5.75 Å². The Morgan fingerprint density at radius 1 is 1.16 bits per heavy atom. The second-order valence-electron chi connectivity index (χ2n) is 6.48. The van der Waals surface area contributed by atoms with Gasteiger partial charge in [-0.05, 0) is 44.0 Å². The highest BCUT2D eigenvalue weighted by Gasteiger charge is 2.26. The lowest BCUT2D eigenvalue weighted by Gasteiger charge is -2.32. The van der Waals surface area contributed by atoms with E-state index in [-0.39, 0.29) is 11.8 Å². The fourth-order valence-corrected chi connectivity index (χ4v) is 3.34. The van der Waals surface area contributed by atoms with E-state index in [0.717, 1.165) is 43.9 Å². The van der Waals surface area contributed by atoms with Gasteiger partial charge in [0.25, 0.3) is 0 Å². The van der Waals surface area contributed by atoms with Gasteiger partial charge in [-0.2, -0.15) is 0 Å². The summed E-state index contributed by atoms with van der Waals surface area (Å²) in [7, 11) is 0. The Bertz CT molecular complexity index is 687. The van der Waals surface area contributed by atoms with Crippen molar-refractivity contribution < 1.29 is 9.53 Å². The van der Waals surface area contributed by atoms with Gasteiger partial charge in [0, 0.05) is 13.1 Å². The van der Waals surface area contributed by atoms with E-state index in [1.807, 2.05) is 37.3 Å². The Balaban J connectivity index is 1.60. The van der Waals surface area contributed by atoms with Crippen LogP contribution in [-0.4, -0.2) is 30.5 Å². The maximum Gasteiger partial charge on any atom is 0.228 e. The van der Waals surface area contributed by atoms with Crippen LogP contribution in [-0.2, 0) is 11.3 Å². The first kappa shape index (κ1) is 17.5. The Labute approximate surface area is 149 Å². The molecule has 1 atom stereocenters. The van der Waals surface area contributed by atoms with Gasteiger partial charge >= 0.3 is 0 Å². The van der Waals surface area contributed by atoms with Gasteiger partial charge in [0.15, 0.2) is 0 Å².